The number of hydrogen-bond donors (Lipinski definition) is 2. The van der Waals surface area contributed by atoms with Gasteiger partial charge in [-0.3, -0.25) is 9.79 Å². The van der Waals surface area contributed by atoms with Crippen LogP contribution in [0.2, 0.25) is 5.02 Å². The molecule has 2 N–H and O–H groups in total. The van der Waals surface area contributed by atoms with Crippen molar-refractivity contribution in [2.45, 2.75) is 38.5 Å². The molecule has 1 aromatic carbocycles. The van der Waals surface area contributed by atoms with Gasteiger partial charge in [-0.1, -0.05) is 42.6 Å². The number of carbonyl (C=O) groups excluding carboxylic acids is 1. The number of halogens is 2. The van der Waals surface area contributed by atoms with Crippen LogP contribution in [-0.4, -0.2) is 39.2 Å². The molecular formula is C18H29ClIN3O2. The number of hydrogen-bond acceptors (Lipinski definition) is 3. The van der Waals surface area contributed by atoms with Crippen molar-refractivity contribution in [2.75, 3.05) is 27.2 Å². The molecule has 0 aliphatic rings. The second kappa shape index (κ2) is 15.3. The van der Waals surface area contributed by atoms with Gasteiger partial charge in [0.05, 0.1) is 7.11 Å². The second-order valence-corrected chi connectivity index (χ2v) is 5.91. The molecule has 7 heteroatoms. The van der Waals surface area contributed by atoms with E-state index in [9.17, 15) is 4.79 Å². The molecular weight excluding hydrogens is 453 g/mol. The molecule has 0 amide bonds. The quantitative estimate of drug-likeness (QED) is 0.175. The molecule has 0 aliphatic heterocycles. The Morgan fingerprint density at radius 2 is 1.80 bits per heavy atom. The van der Waals surface area contributed by atoms with Crippen LogP contribution in [0.4, 0.5) is 0 Å². The van der Waals surface area contributed by atoms with Crippen LogP contribution < -0.4 is 10.6 Å². The fraction of sp³-hybridized carbons (Fsp3) is 0.556. The van der Waals surface area contributed by atoms with Gasteiger partial charge in [0.1, 0.15) is 0 Å². The number of rotatable bonds is 10. The zero-order valence-corrected chi connectivity index (χ0v) is 18.1. The molecule has 0 radical (unpaired) electrons. The Balaban J connectivity index is 0.00000576. The van der Waals surface area contributed by atoms with Gasteiger partial charge in [0.15, 0.2) is 5.96 Å². The zero-order valence-electron chi connectivity index (χ0n) is 15.0. The molecule has 0 saturated heterocycles. The van der Waals surface area contributed by atoms with Gasteiger partial charge < -0.3 is 15.4 Å². The molecule has 0 fully saturated rings. The average molecular weight is 482 g/mol. The number of guanidine groups is 1. The van der Waals surface area contributed by atoms with Gasteiger partial charge in [-0.25, -0.2) is 0 Å². The van der Waals surface area contributed by atoms with E-state index in [1.807, 2.05) is 24.3 Å². The molecule has 0 aromatic heterocycles. The van der Waals surface area contributed by atoms with Crippen LogP contribution >= 0.6 is 35.6 Å². The van der Waals surface area contributed by atoms with Crippen molar-refractivity contribution >= 4 is 47.5 Å². The third kappa shape index (κ3) is 11.3. The number of nitrogens with one attached hydrogen (secondary N) is 2. The summed E-state index contributed by atoms with van der Waals surface area (Å²) in [6.07, 6.45) is 5.42. The van der Waals surface area contributed by atoms with Crippen molar-refractivity contribution < 1.29 is 9.53 Å². The minimum absolute atomic E-state index is 0. The number of nitrogens with zero attached hydrogens (tertiary/aromatic N) is 1. The van der Waals surface area contributed by atoms with Crippen molar-refractivity contribution in [3.8, 4) is 0 Å². The van der Waals surface area contributed by atoms with E-state index in [2.05, 4.69) is 20.4 Å². The van der Waals surface area contributed by atoms with E-state index in [0.29, 0.717) is 6.42 Å². The van der Waals surface area contributed by atoms with Gasteiger partial charge in [-0.2, -0.15) is 0 Å². The van der Waals surface area contributed by atoms with Gasteiger partial charge in [0, 0.05) is 31.6 Å². The molecule has 142 valence electrons. The van der Waals surface area contributed by atoms with Gasteiger partial charge in [0.2, 0.25) is 0 Å². The molecule has 25 heavy (non-hydrogen) atoms. The van der Waals surface area contributed by atoms with Gasteiger partial charge in [-0.15, -0.1) is 24.0 Å². The lowest BCUT2D eigenvalue weighted by Crippen LogP contribution is -2.38. The minimum atomic E-state index is -0.128. The topological polar surface area (TPSA) is 62.7 Å². The summed E-state index contributed by atoms with van der Waals surface area (Å²) in [5.41, 5.74) is 1.13. The van der Waals surface area contributed by atoms with Crippen LogP contribution in [-0.2, 0) is 16.0 Å². The lowest BCUT2D eigenvalue weighted by molar-refractivity contribution is -0.140. The number of unbranched alkanes of at least 4 members (excludes halogenated alkanes) is 3. The minimum Gasteiger partial charge on any atom is -0.469 e. The first-order valence-electron chi connectivity index (χ1n) is 8.42. The smallest absolute Gasteiger partial charge is 0.305 e. The SMILES string of the molecule is CN=C(NCCCCCCC(=O)OC)NCCc1ccccc1Cl.I. The summed E-state index contributed by atoms with van der Waals surface area (Å²) in [6.45, 7) is 1.65. The first-order valence-corrected chi connectivity index (χ1v) is 8.80. The van der Waals surface area contributed by atoms with Crippen molar-refractivity contribution in [1.82, 2.24) is 10.6 Å². The van der Waals surface area contributed by atoms with E-state index in [-0.39, 0.29) is 29.9 Å². The highest BCUT2D eigenvalue weighted by Gasteiger charge is 2.01. The lowest BCUT2D eigenvalue weighted by Gasteiger charge is -2.12. The summed E-state index contributed by atoms with van der Waals surface area (Å²) in [5.74, 6) is 0.674. The van der Waals surface area contributed by atoms with Crippen LogP contribution in [0.5, 0.6) is 0 Å². The molecule has 0 heterocycles. The molecule has 0 saturated carbocycles. The summed E-state index contributed by atoms with van der Waals surface area (Å²) >= 11 is 6.14. The van der Waals surface area contributed by atoms with E-state index >= 15 is 0 Å². The number of ether oxygens (including phenoxy) is 1. The molecule has 0 aliphatic carbocycles. The number of methoxy groups -OCH3 is 1. The summed E-state index contributed by atoms with van der Waals surface area (Å²) < 4.78 is 4.62. The van der Waals surface area contributed by atoms with Crippen molar-refractivity contribution in [3.63, 3.8) is 0 Å². The van der Waals surface area contributed by atoms with Gasteiger partial charge >= 0.3 is 5.97 Å². The van der Waals surface area contributed by atoms with Crippen LogP contribution in [0.1, 0.15) is 37.7 Å². The Morgan fingerprint density at radius 1 is 1.12 bits per heavy atom. The predicted molar refractivity (Wildman–Crippen MR) is 115 cm³/mol. The first-order chi connectivity index (χ1) is 11.7. The molecule has 1 rings (SSSR count). The third-order valence-corrected chi connectivity index (χ3v) is 4.06. The molecule has 0 spiro atoms. The maximum Gasteiger partial charge on any atom is 0.305 e. The largest absolute Gasteiger partial charge is 0.469 e. The van der Waals surface area contributed by atoms with Gasteiger partial charge in [-0.05, 0) is 30.9 Å². The molecule has 0 unspecified atom stereocenters. The predicted octanol–water partition coefficient (Wildman–Crippen LogP) is 3.79. The monoisotopic (exact) mass is 481 g/mol. The number of carbonyl (C=O) groups is 1. The van der Waals surface area contributed by atoms with Crippen molar-refractivity contribution in [2.24, 2.45) is 4.99 Å². The Kier molecular flexibility index (Phi) is 14.6. The normalized spacial score (nSPS) is 10.8. The van der Waals surface area contributed by atoms with E-state index in [1.165, 1.54) is 7.11 Å². The van der Waals surface area contributed by atoms with Crippen LogP contribution in [0.3, 0.4) is 0 Å². The Labute approximate surface area is 173 Å². The number of benzene rings is 1. The summed E-state index contributed by atoms with van der Waals surface area (Å²) in [4.78, 5) is 15.2. The third-order valence-electron chi connectivity index (χ3n) is 3.70. The average Bonchev–Trinajstić information content (AvgIpc) is 2.60. The van der Waals surface area contributed by atoms with Gasteiger partial charge in [0.25, 0.3) is 0 Å². The molecule has 5 nitrogen and oxygen atoms in total. The highest BCUT2D eigenvalue weighted by molar-refractivity contribution is 14.0. The standard InChI is InChI=1S/C18H28ClN3O2.HI/c1-20-18(21-13-8-4-3-5-11-17(23)24-2)22-14-12-15-9-6-7-10-16(15)19;/h6-7,9-10H,3-5,8,11-14H2,1-2H3,(H2,20,21,22);1H. The lowest BCUT2D eigenvalue weighted by atomic mass is 10.1. The van der Waals surface area contributed by atoms with Crippen LogP contribution in [0, 0.1) is 0 Å². The first kappa shape index (κ1) is 24.0. The van der Waals surface area contributed by atoms with Crippen molar-refractivity contribution in [1.29, 1.82) is 0 Å². The summed E-state index contributed by atoms with van der Waals surface area (Å²) in [6, 6.07) is 7.87. The maximum atomic E-state index is 11.0. The summed E-state index contributed by atoms with van der Waals surface area (Å²) in [5, 5.41) is 7.38. The van der Waals surface area contributed by atoms with E-state index in [0.717, 1.165) is 61.7 Å². The van der Waals surface area contributed by atoms with E-state index in [4.69, 9.17) is 11.6 Å². The molecule has 1 aromatic rings. The van der Waals surface area contributed by atoms with E-state index < -0.39 is 0 Å². The Morgan fingerprint density at radius 3 is 2.48 bits per heavy atom. The Hall–Kier alpha value is -1.02. The maximum absolute atomic E-state index is 11.0. The number of aliphatic imine (C=N–C) groups is 1. The zero-order chi connectivity index (χ0) is 17.6. The fourth-order valence-electron chi connectivity index (χ4n) is 2.29. The fourth-order valence-corrected chi connectivity index (χ4v) is 2.52. The Bertz CT molecular complexity index is 527. The molecule has 0 atom stereocenters. The van der Waals surface area contributed by atoms with Crippen molar-refractivity contribution in [3.05, 3.63) is 34.9 Å². The highest BCUT2D eigenvalue weighted by atomic mass is 127. The van der Waals surface area contributed by atoms with Crippen LogP contribution in [0.25, 0.3) is 0 Å². The second-order valence-electron chi connectivity index (χ2n) is 5.51. The van der Waals surface area contributed by atoms with E-state index in [1.54, 1.807) is 7.05 Å². The summed E-state index contributed by atoms with van der Waals surface area (Å²) in [7, 11) is 3.19. The van der Waals surface area contributed by atoms with Crippen LogP contribution in [0.15, 0.2) is 29.3 Å². The molecule has 0 bridgehead atoms. The number of esters is 1. The highest BCUT2D eigenvalue weighted by Crippen LogP contribution is 2.14.